The molecule has 6 rings (SSSR count). The first kappa shape index (κ1) is 40.3. The van der Waals surface area contributed by atoms with Gasteiger partial charge in [0.15, 0.2) is 35.6 Å². The van der Waals surface area contributed by atoms with Gasteiger partial charge in [0.2, 0.25) is 12.0 Å². The first-order valence-corrected chi connectivity index (χ1v) is 17.2. The summed E-state index contributed by atoms with van der Waals surface area (Å²) < 4.78 is 39.7. The lowest BCUT2D eigenvalue weighted by Gasteiger charge is -2.43. The first-order chi connectivity index (χ1) is 26.1. The third-order valence-corrected chi connectivity index (χ3v) is 10.3. The molecule has 2 saturated heterocycles. The largest absolute Gasteiger partial charge is 0.504 e. The highest BCUT2D eigenvalue weighted by Crippen LogP contribution is 2.50. The molecular weight excluding hydrogens is 740 g/mol. The monoisotopic (exact) mass is 782 g/mol. The standard InChI is InChI=1S/C35H42O20/c1-12-19(52-34-29(45)28(44)26(42)21(54-34)11-49-31(47)13-4-2-5-16(37)23(13)39)8-14-15(32(48)51-18-7-3-6-17(38)24(18)40)10-50-33(22(12)14)55-35-30(46)27(43)25(41)20(9-36)53-35/h2-7,10,12,14,19-22,25-30,33-46H,8-9,11H2,1H3/t12-,14+,19-,20+,21+,22+,25+,26+,27-,28-,29+,30+,33-,34+,35-/m0/s1. The van der Waals surface area contributed by atoms with Gasteiger partial charge in [-0.2, -0.15) is 0 Å². The predicted molar refractivity (Wildman–Crippen MR) is 176 cm³/mol. The fourth-order valence-electron chi connectivity index (χ4n) is 7.16. The van der Waals surface area contributed by atoms with Crippen LogP contribution in [0.15, 0.2) is 48.2 Å². The molecule has 0 amide bonds. The van der Waals surface area contributed by atoms with Crippen LogP contribution in [-0.4, -0.2) is 155 Å². The van der Waals surface area contributed by atoms with Crippen molar-refractivity contribution in [2.24, 2.45) is 17.8 Å². The minimum atomic E-state index is -1.87. The van der Waals surface area contributed by atoms with Crippen LogP contribution in [0.25, 0.3) is 0 Å². The fraction of sp³-hybridized carbons (Fsp3) is 0.543. The number of carbonyl (C=O) groups is 2. The zero-order valence-electron chi connectivity index (χ0n) is 28.9. The van der Waals surface area contributed by atoms with Crippen molar-refractivity contribution in [2.75, 3.05) is 13.2 Å². The topological polar surface area (TPSA) is 321 Å². The van der Waals surface area contributed by atoms with Gasteiger partial charge in [0.05, 0.1) is 24.5 Å². The van der Waals surface area contributed by atoms with Gasteiger partial charge in [0.25, 0.3) is 0 Å². The molecule has 55 heavy (non-hydrogen) atoms. The number of phenols is 4. The van der Waals surface area contributed by atoms with Crippen molar-refractivity contribution in [1.29, 1.82) is 0 Å². The van der Waals surface area contributed by atoms with E-state index in [0.717, 1.165) is 12.3 Å². The second kappa shape index (κ2) is 16.4. The van der Waals surface area contributed by atoms with E-state index in [4.69, 9.17) is 33.2 Å². The predicted octanol–water partition coefficient (Wildman–Crippen LogP) is -2.21. The van der Waals surface area contributed by atoms with E-state index in [0.29, 0.717) is 0 Å². The van der Waals surface area contributed by atoms with Crippen molar-refractivity contribution < 1.29 is 98.9 Å². The Morgan fingerprint density at radius 2 is 1.33 bits per heavy atom. The lowest BCUT2D eigenvalue weighted by atomic mass is 9.83. The summed E-state index contributed by atoms with van der Waals surface area (Å²) in [5.41, 5.74) is -0.495. The summed E-state index contributed by atoms with van der Waals surface area (Å²) in [6.07, 6.45) is -18.2. The molecule has 0 unspecified atom stereocenters. The minimum absolute atomic E-state index is 0.0433. The second-order valence-electron chi connectivity index (χ2n) is 13.7. The molecule has 11 N–H and O–H groups in total. The van der Waals surface area contributed by atoms with E-state index in [1.54, 1.807) is 6.92 Å². The van der Waals surface area contributed by atoms with Gasteiger partial charge in [-0.15, -0.1) is 0 Å². The van der Waals surface area contributed by atoms with Crippen LogP contribution >= 0.6 is 0 Å². The molecule has 302 valence electrons. The summed E-state index contributed by atoms with van der Waals surface area (Å²) in [6, 6.07) is 7.30. The second-order valence-corrected chi connectivity index (χ2v) is 13.7. The molecule has 1 aliphatic carbocycles. The number of rotatable bonds is 10. The summed E-state index contributed by atoms with van der Waals surface area (Å²) in [5, 5.41) is 113. The fourth-order valence-corrected chi connectivity index (χ4v) is 7.16. The van der Waals surface area contributed by atoms with Crippen molar-refractivity contribution in [3.8, 4) is 28.7 Å². The van der Waals surface area contributed by atoms with Crippen LogP contribution in [0, 0.1) is 17.8 Å². The van der Waals surface area contributed by atoms with E-state index < -0.39 is 145 Å². The molecule has 20 nitrogen and oxygen atoms in total. The molecule has 20 heteroatoms. The number of aliphatic hydroxyl groups excluding tert-OH is 7. The number of hydrogen-bond donors (Lipinski definition) is 11. The minimum Gasteiger partial charge on any atom is -0.504 e. The van der Waals surface area contributed by atoms with Crippen LogP contribution in [-0.2, 0) is 33.2 Å². The summed E-state index contributed by atoms with van der Waals surface area (Å²) in [7, 11) is 0. The van der Waals surface area contributed by atoms with Crippen molar-refractivity contribution in [2.45, 2.75) is 87.2 Å². The molecule has 3 fully saturated rings. The first-order valence-electron chi connectivity index (χ1n) is 17.2. The molecular formula is C35H42O20. The highest BCUT2D eigenvalue weighted by molar-refractivity contribution is 5.93. The van der Waals surface area contributed by atoms with Crippen molar-refractivity contribution in [1.82, 2.24) is 0 Å². The van der Waals surface area contributed by atoms with Crippen LogP contribution in [0.5, 0.6) is 28.7 Å². The van der Waals surface area contributed by atoms with Gasteiger partial charge in [0.1, 0.15) is 61.0 Å². The summed E-state index contributed by atoms with van der Waals surface area (Å²) in [6.45, 7) is 0.210. The highest BCUT2D eigenvalue weighted by Gasteiger charge is 2.56. The zero-order chi connectivity index (χ0) is 39.9. The van der Waals surface area contributed by atoms with Crippen LogP contribution in [0.1, 0.15) is 23.7 Å². The van der Waals surface area contributed by atoms with Crippen LogP contribution < -0.4 is 4.74 Å². The number of ether oxygens (including phenoxy) is 7. The number of carbonyl (C=O) groups excluding carboxylic acids is 2. The van der Waals surface area contributed by atoms with E-state index in [1.807, 2.05) is 0 Å². The average Bonchev–Trinajstić information content (AvgIpc) is 3.49. The molecule has 3 aliphatic heterocycles. The molecule has 0 spiro atoms. The van der Waals surface area contributed by atoms with Crippen molar-refractivity contribution in [3.05, 3.63) is 53.8 Å². The molecule has 3 heterocycles. The Hall–Kier alpha value is -4.32. The Labute approximate surface area is 311 Å². The van der Waals surface area contributed by atoms with E-state index in [2.05, 4.69) is 0 Å². The number of fused-ring (bicyclic) bond motifs is 1. The number of benzene rings is 2. The van der Waals surface area contributed by atoms with E-state index in [9.17, 15) is 65.8 Å². The van der Waals surface area contributed by atoms with Crippen LogP contribution in [0.3, 0.4) is 0 Å². The molecule has 2 aromatic carbocycles. The van der Waals surface area contributed by atoms with Crippen LogP contribution in [0.2, 0.25) is 0 Å². The molecule has 0 radical (unpaired) electrons. The maximum Gasteiger partial charge on any atom is 0.342 e. The number of hydrogen-bond acceptors (Lipinski definition) is 20. The van der Waals surface area contributed by atoms with Gasteiger partial charge in [-0.05, 0) is 36.6 Å². The lowest BCUT2D eigenvalue weighted by Crippen LogP contribution is -2.60. The summed E-state index contributed by atoms with van der Waals surface area (Å²) in [4.78, 5) is 26.2. The Kier molecular flexibility index (Phi) is 12.0. The Morgan fingerprint density at radius 3 is 2.00 bits per heavy atom. The van der Waals surface area contributed by atoms with Gasteiger partial charge >= 0.3 is 11.9 Å². The maximum atomic E-state index is 13.5. The normalized spacial score (nSPS) is 37.3. The van der Waals surface area contributed by atoms with Crippen LogP contribution in [0.4, 0.5) is 0 Å². The highest BCUT2D eigenvalue weighted by atomic mass is 16.8. The number of phenolic OH excluding ortho intramolecular Hbond substituents is 4. The van der Waals surface area contributed by atoms with Crippen molar-refractivity contribution >= 4 is 11.9 Å². The Bertz CT molecular complexity index is 1730. The third-order valence-electron chi connectivity index (χ3n) is 10.3. The summed E-state index contributed by atoms with van der Waals surface area (Å²) >= 11 is 0. The third kappa shape index (κ3) is 7.89. The Morgan fingerprint density at radius 1 is 0.727 bits per heavy atom. The SMILES string of the molecule is C[C@@H]1[C@H]2[C@H](O[C@@H]3O[C@H](CO)[C@@H](O)[C@H](O)[C@H]3O)OC=C(C(=O)Oc3cccc(O)c3O)[C@H]2C[C@@H]1O[C@@H]1O[C@H](COC(=O)c2cccc(O)c2O)[C@@H](O)[C@H](O)[C@H]1O. The Balaban J connectivity index is 1.22. The van der Waals surface area contributed by atoms with E-state index in [1.165, 1.54) is 30.3 Å². The molecule has 2 aromatic rings. The maximum absolute atomic E-state index is 13.5. The number of aliphatic hydroxyl groups is 7. The molecule has 15 atom stereocenters. The summed E-state index contributed by atoms with van der Waals surface area (Å²) in [5.74, 6) is -7.53. The van der Waals surface area contributed by atoms with E-state index in [-0.39, 0.29) is 17.7 Å². The van der Waals surface area contributed by atoms with Crippen molar-refractivity contribution in [3.63, 3.8) is 0 Å². The van der Waals surface area contributed by atoms with Gasteiger partial charge in [0, 0.05) is 11.8 Å². The zero-order valence-corrected chi connectivity index (χ0v) is 28.9. The van der Waals surface area contributed by atoms with Gasteiger partial charge in [-0.25, -0.2) is 9.59 Å². The molecule has 0 bridgehead atoms. The number of aromatic hydroxyl groups is 4. The van der Waals surface area contributed by atoms with Gasteiger partial charge < -0.3 is 89.3 Å². The molecule has 1 saturated carbocycles. The van der Waals surface area contributed by atoms with Gasteiger partial charge in [-0.3, -0.25) is 0 Å². The number of esters is 2. The smallest absolute Gasteiger partial charge is 0.342 e. The molecule has 4 aliphatic rings. The van der Waals surface area contributed by atoms with Gasteiger partial charge in [-0.1, -0.05) is 19.1 Å². The molecule has 0 aromatic heterocycles. The van der Waals surface area contributed by atoms with E-state index >= 15 is 0 Å². The quantitative estimate of drug-likeness (QED) is 0.0692. The number of para-hydroxylation sites is 2. The average molecular weight is 783 g/mol. The lowest BCUT2D eigenvalue weighted by molar-refractivity contribution is -0.343.